The molecule has 3 aromatic rings. The van der Waals surface area contributed by atoms with E-state index in [4.69, 9.17) is 14.6 Å². The first-order valence-electron chi connectivity index (χ1n) is 10.9. The summed E-state index contributed by atoms with van der Waals surface area (Å²) in [4.78, 5) is 41.3. The number of esters is 2. The number of primary sulfonamides is 1. The van der Waals surface area contributed by atoms with E-state index >= 15 is 0 Å². The predicted molar refractivity (Wildman–Crippen MR) is 134 cm³/mol. The highest BCUT2D eigenvalue weighted by Gasteiger charge is 2.19. The number of sulfonamides is 1. The van der Waals surface area contributed by atoms with Gasteiger partial charge >= 0.3 is 11.9 Å². The van der Waals surface area contributed by atoms with Crippen molar-refractivity contribution >= 4 is 56.4 Å². The van der Waals surface area contributed by atoms with Crippen LogP contribution < -0.4 is 10.5 Å². The average molecular weight is 535 g/mol. The molecule has 11 nitrogen and oxygen atoms in total. The number of unbranched alkanes of at least 4 members (excludes halogenated alkanes) is 1. The van der Waals surface area contributed by atoms with Gasteiger partial charge in [0.2, 0.25) is 15.9 Å². The fourth-order valence-corrected chi connectivity index (χ4v) is 4.78. The number of nitrogens with one attached hydrogen (secondary N) is 1. The molecule has 0 saturated heterocycles. The first-order chi connectivity index (χ1) is 17.1. The second-order valence-corrected chi connectivity index (χ2v) is 10.2. The highest BCUT2D eigenvalue weighted by molar-refractivity contribution is 7.99. The molecular formula is C23H26N4O7S2. The van der Waals surface area contributed by atoms with E-state index in [0.29, 0.717) is 17.2 Å². The number of fused-ring (bicyclic) bond motifs is 1. The first kappa shape index (κ1) is 27.2. The van der Waals surface area contributed by atoms with E-state index in [1.807, 2.05) is 11.5 Å². The number of ether oxygens (including phenoxy) is 2. The van der Waals surface area contributed by atoms with Crippen LogP contribution in [0.25, 0.3) is 11.0 Å². The van der Waals surface area contributed by atoms with Crippen LogP contribution in [0.2, 0.25) is 0 Å². The molecule has 0 aliphatic carbocycles. The maximum absolute atomic E-state index is 12.8. The van der Waals surface area contributed by atoms with Crippen molar-refractivity contribution in [3.63, 3.8) is 0 Å². The average Bonchev–Trinajstić information content (AvgIpc) is 3.21. The molecule has 0 fully saturated rings. The molecule has 0 aliphatic heterocycles. The van der Waals surface area contributed by atoms with Crippen LogP contribution in [0, 0.1) is 0 Å². The van der Waals surface area contributed by atoms with Crippen molar-refractivity contribution in [3.8, 4) is 0 Å². The Hall–Kier alpha value is -3.42. The summed E-state index contributed by atoms with van der Waals surface area (Å²) < 4.78 is 34.8. The Kier molecular flexibility index (Phi) is 8.71. The van der Waals surface area contributed by atoms with E-state index < -0.39 is 27.9 Å². The summed E-state index contributed by atoms with van der Waals surface area (Å²) in [6, 6.07) is 8.57. The van der Waals surface area contributed by atoms with Gasteiger partial charge in [0, 0.05) is 6.54 Å². The number of aryl methyl sites for hydroxylation is 1. The minimum Gasteiger partial charge on any atom is -0.465 e. The minimum atomic E-state index is -3.89. The van der Waals surface area contributed by atoms with Gasteiger partial charge < -0.3 is 19.4 Å². The zero-order valence-electron chi connectivity index (χ0n) is 19.9. The summed E-state index contributed by atoms with van der Waals surface area (Å²) in [6.07, 6.45) is 1.78. The number of imidazole rings is 1. The number of amides is 1. The van der Waals surface area contributed by atoms with Crippen molar-refractivity contribution in [1.29, 1.82) is 0 Å². The third-order valence-electron chi connectivity index (χ3n) is 5.20. The van der Waals surface area contributed by atoms with Gasteiger partial charge in [-0.05, 0) is 42.8 Å². The molecule has 2 aromatic carbocycles. The molecule has 0 spiro atoms. The van der Waals surface area contributed by atoms with Crippen LogP contribution in [0.1, 0.15) is 40.5 Å². The van der Waals surface area contributed by atoms with E-state index in [1.54, 1.807) is 6.07 Å². The summed E-state index contributed by atoms with van der Waals surface area (Å²) in [5.41, 5.74) is 1.50. The summed E-state index contributed by atoms with van der Waals surface area (Å²) in [5, 5.41) is 8.41. The highest BCUT2D eigenvalue weighted by Crippen LogP contribution is 2.27. The van der Waals surface area contributed by atoms with E-state index in [2.05, 4.69) is 10.3 Å². The number of nitrogens with two attached hydrogens (primary N) is 1. The van der Waals surface area contributed by atoms with Crippen LogP contribution >= 0.6 is 11.8 Å². The second-order valence-electron chi connectivity index (χ2n) is 7.68. The Morgan fingerprint density at radius 2 is 1.81 bits per heavy atom. The normalized spacial score (nSPS) is 11.3. The molecule has 1 amide bonds. The molecule has 1 heterocycles. The zero-order valence-corrected chi connectivity index (χ0v) is 21.6. The molecule has 0 aliphatic rings. The number of anilines is 1. The molecule has 0 bridgehead atoms. The number of carbonyl (C=O) groups excluding carboxylic acids is 3. The van der Waals surface area contributed by atoms with Crippen LogP contribution in [0.3, 0.4) is 0 Å². The SMILES string of the molecule is CCCCn1c(SCC(=O)Nc2cc(C(=O)OC)ccc2C(=O)OC)nc2cc(S(N)(=O)=O)ccc21. The van der Waals surface area contributed by atoms with Gasteiger partial charge in [0.15, 0.2) is 5.16 Å². The smallest absolute Gasteiger partial charge is 0.339 e. The van der Waals surface area contributed by atoms with Crippen molar-refractivity contribution in [2.24, 2.45) is 5.14 Å². The maximum Gasteiger partial charge on any atom is 0.339 e. The number of hydrogen-bond acceptors (Lipinski definition) is 9. The lowest BCUT2D eigenvalue weighted by Gasteiger charge is -2.12. The van der Waals surface area contributed by atoms with E-state index in [9.17, 15) is 22.8 Å². The topological polar surface area (TPSA) is 160 Å². The summed E-state index contributed by atoms with van der Waals surface area (Å²) >= 11 is 1.15. The lowest BCUT2D eigenvalue weighted by Crippen LogP contribution is -2.18. The van der Waals surface area contributed by atoms with E-state index in [0.717, 1.165) is 30.1 Å². The van der Waals surface area contributed by atoms with Gasteiger partial charge in [-0.25, -0.2) is 28.1 Å². The number of carbonyl (C=O) groups is 3. The lowest BCUT2D eigenvalue weighted by molar-refractivity contribution is -0.113. The summed E-state index contributed by atoms with van der Waals surface area (Å²) in [6.45, 7) is 2.67. The van der Waals surface area contributed by atoms with Crippen LogP contribution in [0.15, 0.2) is 46.5 Å². The fourth-order valence-electron chi connectivity index (χ4n) is 3.40. The molecular weight excluding hydrogens is 508 g/mol. The highest BCUT2D eigenvalue weighted by atomic mass is 32.2. The molecule has 0 saturated carbocycles. The van der Waals surface area contributed by atoms with Crippen LogP contribution in [0.5, 0.6) is 0 Å². The van der Waals surface area contributed by atoms with Gasteiger partial charge in [-0.2, -0.15) is 0 Å². The molecule has 3 rings (SSSR count). The van der Waals surface area contributed by atoms with Gasteiger partial charge in [0.25, 0.3) is 0 Å². The van der Waals surface area contributed by atoms with Crippen molar-refractivity contribution in [2.75, 3.05) is 25.3 Å². The van der Waals surface area contributed by atoms with Gasteiger partial charge in [-0.3, -0.25) is 4.79 Å². The molecule has 192 valence electrons. The van der Waals surface area contributed by atoms with Crippen LogP contribution in [-0.2, 0) is 30.8 Å². The monoisotopic (exact) mass is 534 g/mol. The third-order valence-corrected chi connectivity index (χ3v) is 7.09. The largest absolute Gasteiger partial charge is 0.465 e. The van der Waals surface area contributed by atoms with Gasteiger partial charge in [-0.15, -0.1) is 0 Å². The Morgan fingerprint density at radius 3 is 2.44 bits per heavy atom. The molecule has 0 radical (unpaired) electrons. The molecule has 3 N–H and O–H groups in total. The van der Waals surface area contributed by atoms with E-state index in [-0.39, 0.29) is 27.5 Å². The molecule has 0 unspecified atom stereocenters. The first-order valence-corrected chi connectivity index (χ1v) is 13.4. The number of thioether (sulfide) groups is 1. The van der Waals surface area contributed by atoms with Gasteiger partial charge in [0.1, 0.15) is 0 Å². The molecule has 36 heavy (non-hydrogen) atoms. The summed E-state index contributed by atoms with van der Waals surface area (Å²) in [5.74, 6) is -1.83. The van der Waals surface area contributed by atoms with Crippen LogP contribution in [-0.4, -0.2) is 55.8 Å². The number of aromatic nitrogens is 2. The zero-order chi connectivity index (χ0) is 26.5. The molecule has 13 heteroatoms. The Morgan fingerprint density at radius 1 is 1.08 bits per heavy atom. The number of nitrogens with zero attached hydrogens (tertiary/aromatic N) is 2. The Labute approximate surface area is 212 Å². The standard InChI is InChI=1S/C23H26N4O7S2/c1-4-5-10-27-19-9-7-15(36(24,31)32)12-18(19)26-23(27)35-13-20(28)25-17-11-14(21(29)33-2)6-8-16(17)22(30)34-3/h6-9,11-12H,4-5,10,13H2,1-3H3,(H,25,28)(H2,24,31,32). The quantitative estimate of drug-likeness (QED) is 0.294. The lowest BCUT2D eigenvalue weighted by atomic mass is 10.1. The van der Waals surface area contributed by atoms with Gasteiger partial charge in [0.05, 0.1) is 52.7 Å². The van der Waals surface area contributed by atoms with Crippen molar-refractivity contribution in [3.05, 3.63) is 47.5 Å². The second kappa shape index (κ2) is 11.5. The fraction of sp³-hybridized carbons (Fsp3) is 0.304. The number of methoxy groups -OCH3 is 2. The number of rotatable bonds is 10. The van der Waals surface area contributed by atoms with Crippen molar-refractivity contribution in [1.82, 2.24) is 9.55 Å². The summed E-state index contributed by atoms with van der Waals surface area (Å²) in [7, 11) is -1.46. The van der Waals surface area contributed by atoms with Crippen LogP contribution in [0.4, 0.5) is 5.69 Å². The van der Waals surface area contributed by atoms with E-state index in [1.165, 1.54) is 44.6 Å². The maximum atomic E-state index is 12.8. The molecule has 1 aromatic heterocycles. The van der Waals surface area contributed by atoms with Crippen molar-refractivity contribution in [2.45, 2.75) is 36.4 Å². The Balaban J connectivity index is 1.86. The minimum absolute atomic E-state index is 0.0507. The number of benzene rings is 2. The van der Waals surface area contributed by atoms with Crippen molar-refractivity contribution < 1.29 is 32.3 Å². The Bertz CT molecular complexity index is 1420. The number of hydrogen-bond donors (Lipinski definition) is 2. The van der Waals surface area contributed by atoms with Gasteiger partial charge in [-0.1, -0.05) is 25.1 Å². The molecule has 0 atom stereocenters. The predicted octanol–water partition coefficient (Wildman–Crippen LogP) is 2.79. The third kappa shape index (κ3) is 6.22.